The average molecular weight is 613 g/mol. The van der Waals surface area contributed by atoms with Gasteiger partial charge in [-0.2, -0.15) is 0 Å². The molecule has 3 aliphatic rings. The quantitative estimate of drug-likeness (QED) is 0.244. The van der Waals surface area contributed by atoms with Crippen molar-refractivity contribution in [2.45, 2.75) is 84.2 Å². The van der Waals surface area contributed by atoms with Crippen LogP contribution in [0.2, 0.25) is 0 Å². The first kappa shape index (κ1) is 30.3. The molecule has 7 nitrogen and oxygen atoms in total. The van der Waals surface area contributed by atoms with Gasteiger partial charge in [0.1, 0.15) is 35.6 Å². The van der Waals surface area contributed by atoms with Crippen LogP contribution >= 0.6 is 11.8 Å². The molecule has 2 amide bonds. The van der Waals surface area contributed by atoms with E-state index in [-0.39, 0.29) is 29.2 Å². The van der Waals surface area contributed by atoms with Crippen molar-refractivity contribution in [3.8, 4) is 17.2 Å². The van der Waals surface area contributed by atoms with E-state index in [1.807, 2.05) is 42.5 Å². The Morgan fingerprint density at radius 2 is 1.77 bits per heavy atom. The van der Waals surface area contributed by atoms with Crippen molar-refractivity contribution in [1.82, 2.24) is 10.6 Å². The molecule has 0 aromatic heterocycles. The Hall–Kier alpha value is -3.75. The molecule has 2 saturated heterocycles. The third-order valence-corrected chi connectivity index (χ3v) is 9.94. The van der Waals surface area contributed by atoms with E-state index in [2.05, 4.69) is 57.4 Å². The van der Waals surface area contributed by atoms with Crippen LogP contribution in [-0.2, 0) is 11.4 Å². The minimum Gasteiger partial charge on any atom is -0.489 e. The molecule has 3 aliphatic heterocycles. The molecule has 44 heavy (non-hydrogen) atoms. The van der Waals surface area contributed by atoms with E-state index < -0.39 is 5.60 Å². The second kappa shape index (κ2) is 12.3. The molecule has 0 spiro atoms. The van der Waals surface area contributed by atoms with E-state index in [0.29, 0.717) is 11.5 Å². The van der Waals surface area contributed by atoms with Crippen LogP contribution in [0, 0.1) is 20.8 Å². The van der Waals surface area contributed by atoms with Crippen molar-refractivity contribution in [2.75, 3.05) is 6.54 Å². The lowest BCUT2D eigenvalue weighted by molar-refractivity contribution is -0.115. The second-order valence-electron chi connectivity index (χ2n) is 12.5. The van der Waals surface area contributed by atoms with E-state index >= 15 is 0 Å². The van der Waals surface area contributed by atoms with Crippen LogP contribution in [0.3, 0.4) is 0 Å². The smallest absolute Gasteiger partial charge is 0.290 e. The highest BCUT2D eigenvalue weighted by Crippen LogP contribution is 2.53. The highest BCUT2D eigenvalue weighted by molar-refractivity contribution is 8.18. The normalized spacial score (nSPS) is 22.1. The predicted octanol–water partition coefficient (Wildman–Crippen LogP) is 7.36. The number of amides is 2. The van der Waals surface area contributed by atoms with Crippen LogP contribution in [0.25, 0.3) is 6.08 Å². The maximum absolute atomic E-state index is 12.0. The zero-order valence-electron chi connectivity index (χ0n) is 26.0. The number of carbonyl (C=O) groups excluding carboxylic acids is 2. The number of hydrogen-bond acceptors (Lipinski definition) is 7. The van der Waals surface area contributed by atoms with Gasteiger partial charge in [-0.3, -0.25) is 14.9 Å². The van der Waals surface area contributed by atoms with Crippen LogP contribution in [0.15, 0.2) is 59.5 Å². The summed E-state index contributed by atoms with van der Waals surface area (Å²) >= 11 is 0.919. The summed E-state index contributed by atoms with van der Waals surface area (Å²) in [5, 5.41) is 5.63. The zero-order valence-corrected chi connectivity index (χ0v) is 26.8. The van der Waals surface area contributed by atoms with Crippen molar-refractivity contribution in [2.24, 2.45) is 0 Å². The van der Waals surface area contributed by atoms with Crippen molar-refractivity contribution >= 4 is 29.0 Å². The molecular formula is C36H40N2O5S. The lowest BCUT2D eigenvalue weighted by atomic mass is 9.78. The third-order valence-electron chi connectivity index (χ3n) is 9.13. The van der Waals surface area contributed by atoms with Gasteiger partial charge in [0.15, 0.2) is 0 Å². The van der Waals surface area contributed by atoms with Crippen molar-refractivity contribution < 1.29 is 23.8 Å². The molecule has 8 heteroatoms. The van der Waals surface area contributed by atoms with E-state index in [1.165, 1.54) is 5.56 Å². The number of nitrogens with one attached hydrogen (secondary N) is 2. The third kappa shape index (κ3) is 6.10. The van der Waals surface area contributed by atoms with E-state index in [0.717, 1.165) is 82.6 Å². The molecule has 3 heterocycles. The van der Waals surface area contributed by atoms with Crippen molar-refractivity contribution in [3.63, 3.8) is 0 Å². The van der Waals surface area contributed by atoms with Gasteiger partial charge in [0.05, 0.1) is 4.91 Å². The van der Waals surface area contributed by atoms with Crippen LogP contribution < -0.4 is 24.8 Å². The van der Waals surface area contributed by atoms with E-state index in [4.69, 9.17) is 14.2 Å². The molecular weight excluding hydrogens is 572 g/mol. The van der Waals surface area contributed by atoms with Gasteiger partial charge in [0.2, 0.25) is 0 Å². The fourth-order valence-corrected chi connectivity index (χ4v) is 7.32. The highest BCUT2D eigenvalue weighted by Gasteiger charge is 2.46. The van der Waals surface area contributed by atoms with Gasteiger partial charge in [0, 0.05) is 17.5 Å². The minimum atomic E-state index is -0.421. The number of thioether (sulfide) groups is 1. The maximum atomic E-state index is 12.0. The Bertz CT molecular complexity index is 1590. The van der Waals surface area contributed by atoms with Crippen LogP contribution in [0.4, 0.5) is 4.79 Å². The first-order chi connectivity index (χ1) is 21.1. The van der Waals surface area contributed by atoms with Gasteiger partial charge in [0.25, 0.3) is 11.1 Å². The Kier molecular flexibility index (Phi) is 8.49. The standard InChI is InChI=1S/C36H40N2O5S/c1-21-22(2)33-31(23(3)32(21)41-20-25-10-7-6-8-11-25)27(36(4,5)43-33)19-29(28-12-9-17-37-28)42-26-15-13-24(14-16-26)18-30-34(39)38-35(40)44-30/h6-8,10-11,13-16,18,27-29,37H,9,12,17,19-20H2,1-5H3,(H,38,39,40)/t27?,28-,29?/m1/s1. The van der Waals surface area contributed by atoms with Gasteiger partial charge in [-0.05, 0) is 118 Å². The van der Waals surface area contributed by atoms with Crippen molar-refractivity contribution in [1.29, 1.82) is 0 Å². The summed E-state index contributed by atoms with van der Waals surface area (Å²) in [5.41, 5.74) is 6.15. The summed E-state index contributed by atoms with van der Waals surface area (Å²) in [6.07, 6.45) is 4.59. The molecule has 0 saturated carbocycles. The summed E-state index contributed by atoms with van der Waals surface area (Å²) in [6.45, 7) is 12.3. The summed E-state index contributed by atoms with van der Waals surface area (Å²) in [5.74, 6) is 2.43. The fourth-order valence-electron chi connectivity index (χ4n) is 6.64. The predicted molar refractivity (Wildman–Crippen MR) is 174 cm³/mol. The molecule has 2 fully saturated rings. The lowest BCUT2D eigenvalue weighted by Crippen LogP contribution is -2.42. The SMILES string of the molecule is Cc1c(C)c2c(c(C)c1OCc1ccccc1)C(CC(Oc1ccc(C=C3SC(=O)NC3=O)cc1)[C@H]1CCCN1)C(C)(C)O2. The molecule has 230 valence electrons. The van der Waals surface area contributed by atoms with Crippen LogP contribution in [-0.4, -0.2) is 35.4 Å². The van der Waals surface area contributed by atoms with Gasteiger partial charge in [-0.15, -0.1) is 0 Å². The van der Waals surface area contributed by atoms with Gasteiger partial charge in [-0.1, -0.05) is 42.5 Å². The molecule has 3 aromatic carbocycles. The molecule has 3 atom stereocenters. The van der Waals surface area contributed by atoms with Crippen molar-refractivity contribution in [3.05, 3.63) is 92.9 Å². The summed E-state index contributed by atoms with van der Waals surface area (Å²) in [4.78, 5) is 23.9. The monoisotopic (exact) mass is 612 g/mol. The average Bonchev–Trinajstić information content (AvgIpc) is 3.71. The Morgan fingerprint density at radius 3 is 2.43 bits per heavy atom. The molecule has 0 bridgehead atoms. The molecule has 2 N–H and O–H groups in total. The van der Waals surface area contributed by atoms with Gasteiger partial charge < -0.3 is 19.5 Å². The number of imide groups is 1. The largest absolute Gasteiger partial charge is 0.489 e. The Balaban J connectivity index is 1.27. The number of fused-ring (bicyclic) bond motifs is 1. The maximum Gasteiger partial charge on any atom is 0.290 e. The van der Waals surface area contributed by atoms with E-state index in [1.54, 1.807) is 6.08 Å². The van der Waals surface area contributed by atoms with E-state index in [9.17, 15) is 9.59 Å². The summed E-state index contributed by atoms with van der Waals surface area (Å²) in [7, 11) is 0. The highest BCUT2D eigenvalue weighted by atomic mass is 32.2. The van der Waals surface area contributed by atoms with Crippen LogP contribution in [0.1, 0.15) is 72.4 Å². The molecule has 6 rings (SSSR count). The first-order valence-electron chi connectivity index (χ1n) is 15.3. The number of ether oxygens (including phenoxy) is 3. The zero-order chi connectivity index (χ0) is 31.0. The number of carbonyl (C=O) groups is 2. The number of benzene rings is 3. The minimum absolute atomic E-state index is 0.0796. The van der Waals surface area contributed by atoms with Gasteiger partial charge >= 0.3 is 0 Å². The lowest BCUT2D eigenvalue weighted by Gasteiger charge is -2.33. The Morgan fingerprint density at radius 1 is 1.02 bits per heavy atom. The topological polar surface area (TPSA) is 85.9 Å². The first-order valence-corrected chi connectivity index (χ1v) is 16.2. The molecule has 2 unspecified atom stereocenters. The summed E-state index contributed by atoms with van der Waals surface area (Å²) in [6, 6.07) is 18.2. The number of hydrogen-bond donors (Lipinski definition) is 2. The number of rotatable bonds is 9. The summed E-state index contributed by atoms with van der Waals surface area (Å²) < 4.78 is 20.0. The fraction of sp³-hybridized carbons (Fsp3) is 0.389. The van der Waals surface area contributed by atoms with Gasteiger partial charge in [-0.25, -0.2) is 0 Å². The molecule has 3 aromatic rings. The van der Waals surface area contributed by atoms with Crippen LogP contribution in [0.5, 0.6) is 17.2 Å². The molecule has 0 radical (unpaired) electrons. The molecule has 0 aliphatic carbocycles. The second-order valence-corrected chi connectivity index (χ2v) is 13.5. The Labute approximate surface area is 263 Å².